The molecule has 2 aromatic heterocycles. The second-order valence-electron chi connectivity index (χ2n) is 6.63. The average molecular weight is 583 g/mol. The molecule has 0 aliphatic rings. The van der Waals surface area contributed by atoms with Crippen LogP contribution in [0.2, 0.25) is 5.02 Å². The zero-order valence-corrected chi connectivity index (χ0v) is 21.0. The van der Waals surface area contributed by atoms with Crippen LogP contribution in [0.3, 0.4) is 0 Å². The number of anilines is 1. The van der Waals surface area contributed by atoms with Crippen LogP contribution in [0.25, 0.3) is 15.5 Å². The molecule has 0 atom stereocenters. The van der Waals surface area contributed by atoms with Crippen molar-refractivity contribution in [1.29, 1.82) is 0 Å². The molecule has 0 fully saturated rings. The van der Waals surface area contributed by atoms with Gasteiger partial charge in [-0.05, 0) is 71.6 Å². The summed E-state index contributed by atoms with van der Waals surface area (Å²) in [5.41, 5.74) is 3.04. The summed E-state index contributed by atoms with van der Waals surface area (Å²) in [6.07, 6.45) is 0.753. The van der Waals surface area contributed by atoms with E-state index in [-0.39, 0.29) is 11.0 Å². The van der Waals surface area contributed by atoms with Gasteiger partial charge in [0.1, 0.15) is 5.01 Å². The lowest BCUT2D eigenvalue weighted by molar-refractivity contribution is 0.0978. The first-order chi connectivity index (χ1) is 14.9. The minimum Gasteiger partial charge on any atom is -0.332 e. The summed E-state index contributed by atoms with van der Waals surface area (Å²) in [4.78, 5) is 13.3. The molecule has 2 heterocycles. The van der Waals surface area contributed by atoms with E-state index in [2.05, 4.69) is 48.5 Å². The molecule has 4 aromatic rings. The number of nitrogens with zero attached hydrogens (tertiary/aromatic N) is 4. The number of carbonyl (C=O) groups is 1. The minimum atomic E-state index is -0.365. The Morgan fingerprint density at radius 1 is 1.26 bits per heavy atom. The molecule has 0 bridgehead atoms. The number of fused-ring (bicyclic) bond motifs is 1. The first-order valence-electron chi connectivity index (χ1n) is 9.25. The van der Waals surface area contributed by atoms with Crippen LogP contribution in [-0.4, -0.2) is 30.8 Å². The second-order valence-corrected chi connectivity index (χ2v) is 9.65. The number of hydrogen-bond donors (Lipinski definition) is 2. The van der Waals surface area contributed by atoms with E-state index in [1.165, 1.54) is 11.3 Å². The van der Waals surface area contributed by atoms with Crippen LogP contribution in [0.4, 0.5) is 5.69 Å². The highest BCUT2D eigenvalue weighted by molar-refractivity contribution is 14.1. The topological polar surface area (TPSA) is 84.2 Å². The van der Waals surface area contributed by atoms with Gasteiger partial charge in [0.25, 0.3) is 5.91 Å². The molecule has 1 amide bonds. The van der Waals surface area contributed by atoms with Crippen molar-refractivity contribution in [2.24, 2.45) is 0 Å². The molecule has 0 saturated carbocycles. The van der Waals surface area contributed by atoms with Gasteiger partial charge in [0, 0.05) is 21.2 Å². The molecule has 0 radical (unpaired) electrons. The van der Waals surface area contributed by atoms with E-state index in [4.69, 9.17) is 23.8 Å². The lowest BCUT2D eigenvalue weighted by Crippen LogP contribution is -2.34. The third-order valence-electron chi connectivity index (χ3n) is 4.50. The summed E-state index contributed by atoms with van der Waals surface area (Å²) >= 11 is 15.1. The number of halogens is 2. The van der Waals surface area contributed by atoms with Crippen molar-refractivity contribution in [3.63, 3.8) is 0 Å². The van der Waals surface area contributed by atoms with Crippen LogP contribution >= 0.6 is 57.7 Å². The fourth-order valence-electron chi connectivity index (χ4n) is 2.88. The van der Waals surface area contributed by atoms with E-state index < -0.39 is 0 Å². The number of nitrogens with one attached hydrogen (secondary N) is 2. The van der Waals surface area contributed by atoms with Gasteiger partial charge in [-0.25, -0.2) is 0 Å². The van der Waals surface area contributed by atoms with E-state index >= 15 is 0 Å². The third kappa shape index (κ3) is 4.71. The molecule has 4 rings (SSSR count). The van der Waals surface area contributed by atoms with Gasteiger partial charge in [-0.3, -0.25) is 10.1 Å². The quantitative estimate of drug-likeness (QED) is 0.257. The predicted octanol–water partition coefficient (Wildman–Crippen LogP) is 5.11. The number of hydrogen-bond acceptors (Lipinski definition) is 6. The molecule has 0 aliphatic carbocycles. The van der Waals surface area contributed by atoms with Gasteiger partial charge in [0.05, 0.1) is 10.6 Å². The molecular weight excluding hydrogens is 567 g/mol. The molecule has 0 saturated heterocycles. The van der Waals surface area contributed by atoms with Crippen LogP contribution < -0.4 is 10.6 Å². The number of carbonyl (C=O) groups excluding carboxylic acids is 1. The van der Waals surface area contributed by atoms with Gasteiger partial charge in [-0.1, -0.05) is 42.0 Å². The first-order valence-corrected chi connectivity index (χ1v) is 11.9. The molecule has 0 aliphatic heterocycles. The maximum absolute atomic E-state index is 12.6. The number of aromatic nitrogens is 4. The number of aryl methyl sites for hydroxylation is 2. The molecule has 0 unspecified atom stereocenters. The summed E-state index contributed by atoms with van der Waals surface area (Å²) in [7, 11) is 0. The Bertz CT molecular complexity index is 1320. The molecule has 2 aromatic carbocycles. The Kier molecular flexibility index (Phi) is 6.51. The van der Waals surface area contributed by atoms with Crippen LogP contribution in [0.5, 0.6) is 0 Å². The molecule has 158 valence electrons. The number of rotatable bonds is 4. The van der Waals surface area contributed by atoms with Crippen molar-refractivity contribution in [2.45, 2.75) is 20.3 Å². The Morgan fingerprint density at radius 3 is 2.84 bits per heavy atom. The zero-order chi connectivity index (χ0) is 22.1. The van der Waals surface area contributed by atoms with Crippen molar-refractivity contribution in [3.8, 4) is 10.6 Å². The molecule has 11 heteroatoms. The molecule has 7 nitrogen and oxygen atoms in total. The number of benzene rings is 2. The van der Waals surface area contributed by atoms with Crippen LogP contribution in [0.1, 0.15) is 28.7 Å². The van der Waals surface area contributed by atoms with Crippen molar-refractivity contribution in [2.75, 3.05) is 5.32 Å². The first kappa shape index (κ1) is 22.1. The van der Waals surface area contributed by atoms with Gasteiger partial charge < -0.3 is 5.32 Å². The van der Waals surface area contributed by atoms with E-state index in [1.54, 1.807) is 16.6 Å². The number of thiocarbonyl (C=S) groups is 1. The predicted molar refractivity (Wildman–Crippen MR) is 136 cm³/mol. The van der Waals surface area contributed by atoms with Gasteiger partial charge in [-0.15, -0.1) is 10.2 Å². The van der Waals surface area contributed by atoms with E-state index in [1.807, 2.05) is 38.1 Å². The van der Waals surface area contributed by atoms with Crippen LogP contribution in [-0.2, 0) is 6.42 Å². The van der Waals surface area contributed by atoms with Gasteiger partial charge in [-0.2, -0.15) is 9.61 Å². The van der Waals surface area contributed by atoms with Gasteiger partial charge in [0.15, 0.2) is 10.9 Å². The average Bonchev–Trinajstić information content (AvgIpc) is 3.32. The molecule has 2 N–H and O–H groups in total. The summed E-state index contributed by atoms with van der Waals surface area (Å²) in [6.45, 7) is 3.98. The minimum absolute atomic E-state index is 0.187. The van der Waals surface area contributed by atoms with Gasteiger partial charge in [0.2, 0.25) is 4.96 Å². The Balaban J connectivity index is 1.54. The summed E-state index contributed by atoms with van der Waals surface area (Å²) in [5, 5.41) is 20.1. The SMILES string of the molecule is CCc1nnc2sc(-c3ccc(C)c(NC(=S)NC(=O)c4cc(I)ccc4Cl)c3)nn12. The number of amides is 1. The Labute approximate surface area is 206 Å². The van der Waals surface area contributed by atoms with Crippen molar-refractivity contribution in [3.05, 3.63) is 61.9 Å². The highest BCUT2D eigenvalue weighted by atomic mass is 127. The van der Waals surface area contributed by atoms with Crippen molar-refractivity contribution >= 4 is 79.4 Å². The van der Waals surface area contributed by atoms with Gasteiger partial charge >= 0.3 is 0 Å². The lowest BCUT2D eigenvalue weighted by atomic mass is 10.1. The third-order valence-corrected chi connectivity index (χ3v) is 6.66. The maximum atomic E-state index is 12.6. The largest absolute Gasteiger partial charge is 0.332 e. The fraction of sp³-hybridized carbons (Fsp3) is 0.150. The van der Waals surface area contributed by atoms with Crippen LogP contribution in [0.15, 0.2) is 36.4 Å². The normalized spacial score (nSPS) is 11.0. The van der Waals surface area contributed by atoms with E-state index in [0.29, 0.717) is 10.6 Å². The Morgan fingerprint density at radius 2 is 2.06 bits per heavy atom. The van der Waals surface area contributed by atoms with Crippen LogP contribution in [0, 0.1) is 10.5 Å². The highest BCUT2D eigenvalue weighted by Gasteiger charge is 2.15. The second kappa shape index (κ2) is 9.15. The highest BCUT2D eigenvalue weighted by Crippen LogP contribution is 2.29. The monoisotopic (exact) mass is 582 g/mol. The smallest absolute Gasteiger partial charge is 0.258 e. The van der Waals surface area contributed by atoms with Crippen molar-refractivity contribution in [1.82, 2.24) is 25.1 Å². The summed E-state index contributed by atoms with van der Waals surface area (Å²) < 4.78 is 2.67. The molecule has 0 spiro atoms. The fourth-order valence-corrected chi connectivity index (χ4v) is 4.63. The lowest BCUT2D eigenvalue weighted by Gasteiger charge is -2.13. The maximum Gasteiger partial charge on any atom is 0.258 e. The molecule has 31 heavy (non-hydrogen) atoms. The Hall–Kier alpha value is -2.15. The van der Waals surface area contributed by atoms with E-state index in [9.17, 15) is 4.79 Å². The summed E-state index contributed by atoms with van der Waals surface area (Å²) in [6, 6.07) is 11.1. The standard InChI is InChI=1S/C20H16ClIN6OS2/c1-3-16-25-26-20-28(16)27-18(31-20)11-5-4-10(2)15(8-11)23-19(30)24-17(29)13-9-12(22)6-7-14(13)21/h4-9H,3H2,1-2H3,(H2,23,24,29,30). The molecular formula is C20H16ClIN6OS2. The van der Waals surface area contributed by atoms with E-state index in [0.717, 1.165) is 42.6 Å². The summed E-state index contributed by atoms with van der Waals surface area (Å²) in [5.74, 6) is 0.455. The van der Waals surface area contributed by atoms with Crippen molar-refractivity contribution < 1.29 is 4.79 Å². The zero-order valence-electron chi connectivity index (χ0n) is 16.4.